The fraction of sp³-hybridized carbons (Fsp3) is 0.571. The van der Waals surface area contributed by atoms with Crippen molar-refractivity contribution in [3.05, 3.63) is 30.1 Å². The second-order valence-corrected chi connectivity index (χ2v) is 4.76. The molecule has 0 radical (unpaired) electrons. The van der Waals surface area contributed by atoms with E-state index in [0.717, 1.165) is 24.8 Å². The molecular formula is C14H20N2O2. The first-order valence-corrected chi connectivity index (χ1v) is 6.60. The lowest BCUT2D eigenvalue weighted by Crippen LogP contribution is -2.45. The molecule has 98 valence electrons. The summed E-state index contributed by atoms with van der Waals surface area (Å²) in [6.07, 6.45) is 8.12. The maximum atomic E-state index is 12.1. The highest BCUT2D eigenvalue weighted by molar-refractivity contribution is 5.76. The number of pyridine rings is 1. The van der Waals surface area contributed by atoms with E-state index < -0.39 is 0 Å². The first-order valence-electron chi connectivity index (χ1n) is 6.60. The summed E-state index contributed by atoms with van der Waals surface area (Å²) >= 11 is 0. The van der Waals surface area contributed by atoms with Gasteiger partial charge in [0.2, 0.25) is 5.91 Å². The zero-order chi connectivity index (χ0) is 12.8. The van der Waals surface area contributed by atoms with Crippen LogP contribution >= 0.6 is 0 Å². The van der Waals surface area contributed by atoms with Crippen LogP contribution in [0.25, 0.3) is 0 Å². The molecule has 1 fully saturated rings. The largest absolute Gasteiger partial charge is 0.395 e. The Morgan fingerprint density at radius 2 is 2.33 bits per heavy atom. The van der Waals surface area contributed by atoms with Gasteiger partial charge in [-0.05, 0) is 37.3 Å². The highest BCUT2D eigenvalue weighted by atomic mass is 16.3. The number of carbonyl (C=O) groups excluding carboxylic acids is 1. The van der Waals surface area contributed by atoms with Crippen molar-refractivity contribution in [1.29, 1.82) is 0 Å². The topological polar surface area (TPSA) is 53.4 Å². The lowest BCUT2D eigenvalue weighted by Gasteiger charge is -2.37. The van der Waals surface area contributed by atoms with Crippen LogP contribution in [0.1, 0.15) is 31.2 Å². The van der Waals surface area contributed by atoms with Gasteiger partial charge in [0.25, 0.3) is 0 Å². The molecule has 0 spiro atoms. The summed E-state index contributed by atoms with van der Waals surface area (Å²) in [6.45, 7) is 0.520. The van der Waals surface area contributed by atoms with Gasteiger partial charge in [0.15, 0.2) is 0 Å². The van der Waals surface area contributed by atoms with Crippen LogP contribution in [-0.2, 0) is 11.2 Å². The molecule has 1 aromatic heterocycles. The van der Waals surface area contributed by atoms with Crippen molar-refractivity contribution in [1.82, 2.24) is 9.88 Å². The van der Waals surface area contributed by atoms with E-state index in [2.05, 4.69) is 4.98 Å². The Morgan fingerprint density at radius 3 is 2.89 bits per heavy atom. The van der Waals surface area contributed by atoms with E-state index in [1.807, 2.05) is 17.0 Å². The Morgan fingerprint density at radius 1 is 1.50 bits per heavy atom. The third-order valence-electron chi connectivity index (χ3n) is 3.53. The van der Waals surface area contributed by atoms with Gasteiger partial charge in [0.05, 0.1) is 6.61 Å². The molecule has 1 amide bonds. The minimum Gasteiger partial charge on any atom is -0.395 e. The molecule has 0 aromatic carbocycles. The maximum Gasteiger partial charge on any atom is 0.223 e. The van der Waals surface area contributed by atoms with Gasteiger partial charge in [-0.1, -0.05) is 6.07 Å². The number of aliphatic hydroxyl groups is 1. The predicted octanol–water partition coefficient (Wildman–Crippen LogP) is 1.39. The van der Waals surface area contributed by atoms with Gasteiger partial charge in [-0.2, -0.15) is 0 Å². The number of amides is 1. The summed E-state index contributed by atoms with van der Waals surface area (Å²) in [7, 11) is 0. The van der Waals surface area contributed by atoms with Crippen LogP contribution in [0.5, 0.6) is 0 Å². The summed E-state index contributed by atoms with van der Waals surface area (Å²) in [5.74, 6) is 0.151. The molecule has 2 rings (SSSR count). The summed E-state index contributed by atoms with van der Waals surface area (Å²) in [5, 5.41) is 9.04. The summed E-state index contributed by atoms with van der Waals surface area (Å²) < 4.78 is 0. The molecule has 4 nitrogen and oxygen atoms in total. The molecular weight excluding hydrogens is 228 g/mol. The highest BCUT2D eigenvalue weighted by Gasteiger charge is 2.27. The molecule has 1 aliphatic rings. The van der Waals surface area contributed by atoms with E-state index in [4.69, 9.17) is 5.11 Å². The first kappa shape index (κ1) is 13.0. The number of rotatable bonds is 6. The third kappa shape index (κ3) is 3.29. The number of hydrogen-bond donors (Lipinski definition) is 1. The number of nitrogens with zero attached hydrogens (tertiary/aromatic N) is 2. The molecule has 1 saturated carbocycles. The van der Waals surface area contributed by atoms with E-state index in [0.29, 0.717) is 19.0 Å². The van der Waals surface area contributed by atoms with Crippen molar-refractivity contribution >= 4 is 5.91 Å². The van der Waals surface area contributed by atoms with Gasteiger partial charge in [-0.15, -0.1) is 0 Å². The maximum absolute atomic E-state index is 12.1. The Kier molecular flexibility index (Phi) is 4.70. The van der Waals surface area contributed by atoms with Crippen LogP contribution in [0.15, 0.2) is 24.5 Å². The minimum atomic E-state index is 0.0507. The fourth-order valence-electron chi connectivity index (χ4n) is 2.26. The van der Waals surface area contributed by atoms with Crippen LogP contribution < -0.4 is 0 Å². The van der Waals surface area contributed by atoms with E-state index in [1.165, 1.54) is 6.42 Å². The van der Waals surface area contributed by atoms with Crippen LogP contribution in [0.2, 0.25) is 0 Å². The van der Waals surface area contributed by atoms with Gasteiger partial charge >= 0.3 is 0 Å². The standard InChI is InChI=1S/C14H20N2O2/c17-10-9-16(13-4-1-5-13)14(18)7-6-12-3-2-8-15-11-12/h2-3,8,11,13,17H,1,4-7,9-10H2. The number of carbonyl (C=O) groups is 1. The summed E-state index contributed by atoms with van der Waals surface area (Å²) in [6, 6.07) is 4.23. The molecule has 0 unspecified atom stereocenters. The molecule has 0 aliphatic heterocycles. The van der Waals surface area contributed by atoms with Gasteiger partial charge in [-0.25, -0.2) is 0 Å². The first-order chi connectivity index (χ1) is 8.81. The molecule has 1 aromatic rings. The normalized spacial score (nSPS) is 15.2. The number of aromatic nitrogens is 1. The van der Waals surface area contributed by atoms with Gasteiger partial charge in [0.1, 0.15) is 0 Å². The van der Waals surface area contributed by atoms with Crippen LogP contribution in [-0.4, -0.2) is 40.1 Å². The minimum absolute atomic E-state index is 0.0507. The van der Waals surface area contributed by atoms with Crippen LogP contribution in [0.4, 0.5) is 0 Å². The summed E-state index contributed by atoms with van der Waals surface area (Å²) in [5.41, 5.74) is 1.09. The average Bonchev–Trinajstić information content (AvgIpc) is 2.34. The lowest BCUT2D eigenvalue weighted by atomic mass is 9.91. The lowest BCUT2D eigenvalue weighted by molar-refractivity contribution is -0.135. The van der Waals surface area contributed by atoms with Crippen molar-refractivity contribution in [2.45, 2.75) is 38.1 Å². The van der Waals surface area contributed by atoms with E-state index >= 15 is 0 Å². The van der Waals surface area contributed by atoms with Gasteiger partial charge < -0.3 is 10.0 Å². The van der Waals surface area contributed by atoms with Crippen LogP contribution in [0, 0.1) is 0 Å². The monoisotopic (exact) mass is 248 g/mol. The number of aryl methyl sites for hydroxylation is 1. The van der Waals surface area contributed by atoms with E-state index in [1.54, 1.807) is 12.4 Å². The molecule has 1 heterocycles. The highest BCUT2D eigenvalue weighted by Crippen LogP contribution is 2.25. The van der Waals surface area contributed by atoms with Crippen LogP contribution in [0.3, 0.4) is 0 Å². The number of aliphatic hydroxyl groups excluding tert-OH is 1. The SMILES string of the molecule is O=C(CCc1cccnc1)N(CCO)C1CCC1. The zero-order valence-electron chi connectivity index (χ0n) is 10.6. The number of hydrogen-bond acceptors (Lipinski definition) is 3. The predicted molar refractivity (Wildman–Crippen MR) is 69.0 cm³/mol. The average molecular weight is 248 g/mol. The Balaban J connectivity index is 1.85. The molecule has 1 N–H and O–H groups in total. The molecule has 0 atom stereocenters. The molecule has 0 bridgehead atoms. The molecule has 1 aliphatic carbocycles. The quantitative estimate of drug-likeness (QED) is 0.827. The Bertz CT molecular complexity index is 377. The van der Waals surface area contributed by atoms with Gasteiger partial charge in [-0.3, -0.25) is 9.78 Å². The van der Waals surface area contributed by atoms with Crippen molar-refractivity contribution in [2.75, 3.05) is 13.2 Å². The third-order valence-corrected chi connectivity index (χ3v) is 3.53. The smallest absolute Gasteiger partial charge is 0.223 e. The fourth-order valence-corrected chi connectivity index (χ4v) is 2.26. The van der Waals surface area contributed by atoms with E-state index in [-0.39, 0.29) is 12.5 Å². The van der Waals surface area contributed by atoms with Crippen molar-refractivity contribution in [3.8, 4) is 0 Å². The van der Waals surface area contributed by atoms with Crippen molar-refractivity contribution in [3.63, 3.8) is 0 Å². The van der Waals surface area contributed by atoms with E-state index in [9.17, 15) is 4.79 Å². The molecule has 18 heavy (non-hydrogen) atoms. The summed E-state index contributed by atoms with van der Waals surface area (Å²) in [4.78, 5) is 18.0. The molecule has 0 saturated heterocycles. The van der Waals surface area contributed by atoms with Crippen molar-refractivity contribution in [2.24, 2.45) is 0 Å². The van der Waals surface area contributed by atoms with Crippen molar-refractivity contribution < 1.29 is 9.90 Å². The second-order valence-electron chi connectivity index (χ2n) is 4.76. The molecule has 4 heteroatoms. The second kappa shape index (κ2) is 6.50. The Hall–Kier alpha value is -1.42. The Labute approximate surface area is 108 Å². The zero-order valence-corrected chi connectivity index (χ0v) is 10.6. The van der Waals surface area contributed by atoms with Gasteiger partial charge in [0, 0.05) is 31.4 Å².